The van der Waals surface area contributed by atoms with Crippen molar-refractivity contribution in [3.63, 3.8) is 0 Å². The molecule has 1 aliphatic rings. The minimum atomic E-state index is -0.304. The van der Waals surface area contributed by atoms with Crippen LogP contribution in [-0.4, -0.2) is 27.4 Å². The molecule has 0 radical (unpaired) electrons. The first-order valence-corrected chi connectivity index (χ1v) is 10.5. The number of halogens is 1. The lowest BCUT2D eigenvalue weighted by molar-refractivity contribution is 0.0743. The van der Waals surface area contributed by atoms with Gasteiger partial charge >= 0.3 is 0 Å². The number of fused-ring (bicyclic) bond motifs is 2. The minimum absolute atomic E-state index is 0.0241. The van der Waals surface area contributed by atoms with E-state index in [1.165, 1.54) is 12.1 Å². The molecule has 0 spiro atoms. The molecule has 0 fully saturated rings. The lowest BCUT2D eigenvalue weighted by Gasteiger charge is -2.25. The zero-order chi connectivity index (χ0) is 21.3. The van der Waals surface area contributed by atoms with E-state index in [1.54, 1.807) is 46.8 Å². The Bertz CT molecular complexity index is 1140. The molecular formula is C24H26FN3O2. The van der Waals surface area contributed by atoms with Gasteiger partial charge in [-0.15, -0.1) is 0 Å². The second-order valence-electron chi connectivity index (χ2n) is 8.02. The number of aryl methyl sites for hydroxylation is 1. The fourth-order valence-electron chi connectivity index (χ4n) is 4.07. The highest BCUT2D eigenvalue weighted by molar-refractivity contribution is 5.97. The van der Waals surface area contributed by atoms with Crippen LogP contribution in [0.3, 0.4) is 0 Å². The molecular weight excluding hydrogens is 381 g/mol. The van der Waals surface area contributed by atoms with E-state index in [1.807, 2.05) is 6.92 Å². The Labute approximate surface area is 175 Å². The fraction of sp³-hybridized carbons (Fsp3) is 0.375. The molecule has 3 aromatic rings. The van der Waals surface area contributed by atoms with Crippen molar-refractivity contribution in [1.82, 2.24) is 14.5 Å². The van der Waals surface area contributed by atoms with Gasteiger partial charge in [-0.3, -0.25) is 14.2 Å². The van der Waals surface area contributed by atoms with Crippen molar-refractivity contribution in [3.8, 4) is 0 Å². The molecule has 1 amide bonds. The molecule has 30 heavy (non-hydrogen) atoms. The van der Waals surface area contributed by atoms with Crippen LogP contribution in [0, 0.1) is 5.82 Å². The second-order valence-corrected chi connectivity index (χ2v) is 8.02. The van der Waals surface area contributed by atoms with Crippen LogP contribution < -0.4 is 5.56 Å². The van der Waals surface area contributed by atoms with Gasteiger partial charge < -0.3 is 4.90 Å². The van der Waals surface area contributed by atoms with Gasteiger partial charge in [-0.05, 0) is 55.7 Å². The minimum Gasteiger partial charge on any atom is -0.335 e. The van der Waals surface area contributed by atoms with E-state index in [0.717, 1.165) is 43.5 Å². The van der Waals surface area contributed by atoms with Gasteiger partial charge in [0, 0.05) is 25.6 Å². The molecule has 0 aliphatic carbocycles. The predicted molar refractivity (Wildman–Crippen MR) is 115 cm³/mol. The van der Waals surface area contributed by atoms with Crippen molar-refractivity contribution in [2.24, 2.45) is 0 Å². The smallest absolute Gasteiger partial charge is 0.261 e. The van der Waals surface area contributed by atoms with Gasteiger partial charge in [0.25, 0.3) is 11.5 Å². The predicted octanol–water partition coefficient (Wildman–Crippen LogP) is 4.49. The first-order chi connectivity index (χ1) is 14.5. The summed E-state index contributed by atoms with van der Waals surface area (Å²) in [5.74, 6) is 0.342. The molecule has 4 rings (SSSR count). The van der Waals surface area contributed by atoms with E-state index >= 15 is 0 Å². The van der Waals surface area contributed by atoms with Crippen LogP contribution in [0.2, 0.25) is 0 Å². The van der Waals surface area contributed by atoms with E-state index in [4.69, 9.17) is 4.98 Å². The number of carbonyl (C=O) groups is 1. The van der Waals surface area contributed by atoms with Crippen LogP contribution in [0.1, 0.15) is 60.4 Å². The Morgan fingerprint density at radius 2 is 1.83 bits per heavy atom. The molecule has 5 nitrogen and oxygen atoms in total. The molecule has 0 saturated carbocycles. The summed E-state index contributed by atoms with van der Waals surface area (Å²) in [6.45, 7) is 2.61. The van der Waals surface area contributed by atoms with Gasteiger partial charge in [0.15, 0.2) is 0 Å². The Kier molecular flexibility index (Phi) is 5.66. The largest absolute Gasteiger partial charge is 0.335 e. The highest BCUT2D eigenvalue weighted by atomic mass is 19.1. The third-order valence-electron chi connectivity index (χ3n) is 6.07. The van der Waals surface area contributed by atoms with Crippen LogP contribution in [0.25, 0.3) is 10.9 Å². The number of hydrogen-bond acceptors (Lipinski definition) is 3. The van der Waals surface area contributed by atoms with Crippen molar-refractivity contribution in [1.29, 1.82) is 0 Å². The third kappa shape index (κ3) is 3.86. The van der Waals surface area contributed by atoms with E-state index in [0.29, 0.717) is 23.0 Å². The number of aromatic nitrogens is 2. The molecule has 156 valence electrons. The Morgan fingerprint density at radius 3 is 2.60 bits per heavy atom. The molecule has 0 N–H and O–H groups in total. The average molecular weight is 407 g/mol. The van der Waals surface area contributed by atoms with E-state index in [9.17, 15) is 14.0 Å². The normalized spacial score (nSPS) is 15.2. The van der Waals surface area contributed by atoms with Crippen molar-refractivity contribution in [2.45, 2.75) is 51.6 Å². The zero-order valence-electron chi connectivity index (χ0n) is 17.4. The summed E-state index contributed by atoms with van der Waals surface area (Å²) in [7, 11) is 1.73. The van der Waals surface area contributed by atoms with E-state index in [2.05, 4.69) is 0 Å². The monoisotopic (exact) mass is 407 g/mol. The summed E-state index contributed by atoms with van der Waals surface area (Å²) in [6.07, 6.45) is 5.08. The molecule has 2 aromatic carbocycles. The maximum absolute atomic E-state index is 13.2. The quantitative estimate of drug-likeness (QED) is 0.643. The van der Waals surface area contributed by atoms with Crippen LogP contribution in [0.4, 0.5) is 4.39 Å². The number of benzene rings is 2. The lowest BCUT2D eigenvalue weighted by atomic mass is 10.0. The summed E-state index contributed by atoms with van der Waals surface area (Å²) in [5, 5.41) is 0.546. The van der Waals surface area contributed by atoms with Crippen molar-refractivity contribution in [2.75, 3.05) is 7.05 Å². The number of nitrogens with zero attached hydrogens (tertiary/aromatic N) is 3. The topological polar surface area (TPSA) is 55.2 Å². The Balaban J connectivity index is 1.67. The SMILES string of the molecule is C[C@H](c1ccc(F)cc1)N(C)C(=O)c1ccc2c(=O)n3c(nc2c1)CCCCCC3. The van der Waals surface area contributed by atoms with Crippen LogP contribution in [0.5, 0.6) is 0 Å². The molecule has 2 heterocycles. The van der Waals surface area contributed by atoms with Crippen molar-refractivity contribution >= 4 is 16.8 Å². The summed E-state index contributed by atoms with van der Waals surface area (Å²) < 4.78 is 15.0. The van der Waals surface area contributed by atoms with E-state index in [-0.39, 0.29) is 23.3 Å². The molecule has 0 saturated heterocycles. The molecule has 1 atom stereocenters. The highest BCUT2D eigenvalue weighted by Gasteiger charge is 2.20. The Morgan fingerprint density at radius 1 is 1.10 bits per heavy atom. The van der Waals surface area contributed by atoms with Crippen molar-refractivity contribution < 1.29 is 9.18 Å². The van der Waals surface area contributed by atoms with Gasteiger partial charge in [0.05, 0.1) is 16.9 Å². The summed E-state index contributed by atoms with van der Waals surface area (Å²) in [6, 6.07) is 11.1. The standard InChI is InChI=1S/C24H26FN3O2/c1-16(17-8-11-19(25)12-9-17)27(2)23(29)18-10-13-20-21(15-18)26-22-7-5-3-4-6-14-28(22)24(20)30/h8-13,15-16H,3-7,14H2,1-2H3/t16-/m1/s1. The molecule has 6 heteroatoms. The lowest BCUT2D eigenvalue weighted by Crippen LogP contribution is -2.30. The molecule has 1 aliphatic heterocycles. The van der Waals surface area contributed by atoms with Gasteiger partial charge in [-0.25, -0.2) is 9.37 Å². The maximum Gasteiger partial charge on any atom is 0.261 e. The zero-order valence-corrected chi connectivity index (χ0v) is 17.4. The van der Waals surface area contributed by atoms with Crippen molar-refractivity contribution in [3.05, 3.63) is 75.6 Å². The van der Waals surface area contributed by atoms with Crippen LogP contribution in [-0.2, 0) is 13.0 Å². The highest BCUT2D eigenvalue weighted by Crippen LogP contribution is 2.22. The molecule has 0 bridgehead atoms. The third-order valence-corrected chi connectivity index (χ3v) is 6.07. The number of rotatable bonds is 3. The number of carbonyl (C=O) groups excluding carboxylic acids is 1. The summed E-state index contributed by atoms with van der Waals surface area (Å²) in [4.78, 5) is 32.4. The number of amides is 1. The van der Waals surface area contributed by atoms with E-state index < -0.39 is 0 Å². The average Bonchev–Trinajstić information content (AvgIpc) is 2.74. The first-order valence-electron chi connectivity index (χ1n) is 10.5. The van der Waals surface area contributed by atoms with Gasteiger partial charge in [0.1, 0.15) is 11.6 Å². The van der Waals surface area contributed by atoms with Crippen LogP contribution >= 0.6 is 0 Å². The fourth-order valence-corrected chi connectivity index (χ4v) is 4.07. The summed E-state index contributed by atoms with van der Waals surface area (Å²) >= 11 is 0. The van der Waals surface area contributed by atoms with Gasteiger partial charge in [0.2, 0.25) is 0 Å². The number of hydrogen-bond donors (Lipinski definition) is 0. The molecule has 0 unspecified atom stereocenters. The second kappa shape index (κ2) is 8.38. The Hall–Kier alpha value is -3.02. The molecule has 1 aromatic heterocycles. The summed E-state index contributed by atoms with van der Waals surface area (Å²) in [5.41, 5.74) is 1.89. The van der Waals surface area contributed by atoms with Crippen LogP contribution in [0.15, 0.2) is 47.3 Å². The first kappa shape index (κ1) is 20.3. The maximum atomic E-state index is 13.2. The van der Waals surface area contributed by atoms with Gasteiger partial charge in [-0.1, -0.05) is 25.0 Å². The van der Waals surface area contributed by atoms with Gasteiger partial charge in [-0.2, -0.15) is 0 Å².